The highest BCUT2D eigenvalue weighted by Crippen LogP contribution is 2.29. The lowest BCUT2D eigenvalue weighted by molar-refractivity contribution is 0.340. The summed E-state index contributed by atoms with van der Waals surface area (Å²) in [5.74, 6) is 0.916. The predicted octanol–water partition coefficient (Wildman–Crippen LogP) is 5.49. The van der Waals surface area contributed by atoms with E-state index in [1.165, 1.54) is 15.3 Å². The first-order valence-corrected chi connectivity index (χ1v) is 8.69. The van der Waals surface area contributed by atoms with E-state index in [1.54, 1.807) is 22.7 Å². The van der Waals surface area contributed by atoms with Crippen LogP contribution in [0.4, 0.5) is 5.69 Å². The highest BCUT2D eigenvalue weighted by molar-refractivity contribution is 7.14. The summed E-state index contributed by atoms with van der Waals surface area (Å²) in [6, 6.07) is 14.6. The van der Waals surface area contributed by atoms with E-state index in [4.69, 9.17) is 4.74 Å². The van der Waals surface area contributed by atoms with Gasteiger partial charge in [0.25, 0.3) is 0 Å². The molecule has 0 bridgehead atoms. The number of anilines is 1. The minimum absolute atomic E-state index is 0.702. The van der Waals surface area contributed by atoms with Gasteiger partial charge in [0.2, 0.25) is 0 Å². The zero-order valence-electron chi connectivity index (χ0n) is 11.8. The summed E-state index contributed by atoms with van der Waals surface area (Å²) in [7, 11) is 0. The molecule has 108 valence electrons. The second kappa shape index (κ2) is 6.78. The zero-order valence-corrected chi connectivity index (χ0v) is 13.5. The molecule has 1 N–H and O–H groups in total. The Morgan fingerprint density at radius 1 is 1.10 bits per heavy atom. The Morgan fingerprint density at radius 3 is 2.67 bits per heavy atom. The molecule has 0 atom stereocenters. The lowest BCUT2D eigenvalue weighted by atomic mass is 10.2. The molecule has 0 saturated heterocycles. The molecule has 0 unspecified atom stereocenters. The molecular formula is C17H17NOS2. The van der Waals surface area contributed by atoms with Crippen molar-refractivity contribution in [1.29, 1.82) is 0 Å². The smallest absolute Gasteiger partial charge is 0.119 e. The summed E-state index contributed by atoms with van der Waals surface area (Å²) in [4.78, 5) is 2.67. The third-order valence-corrected chi connectivity index (χ3v) is 4.95. The Hall–Kier alpha value is -1.78. The van der Waals surface area contributed by atoms with Gasteiger partial charge in [-0.3, -0.25) is 0 Å². The molecule has 0 spiro atoms. The molecule has 2 aromatic heterocycles. The summed E-state index contributed by atoms with van der Waals surface area (Å²) >= 11 is 3.58. The number of benzene rings is 1. The van der Waals surface area contributed by atoms with Crippen LogP contribution >= 0.6 is 22.7 Å². The lowest BCUT2D eigenvalue weighted by Gasteiger charge is -2.06. The maximum absolute atomic E-state index is 5.44. The van der Waals surface area contributed by atoms with Crippen molar-refractivity contribution >= 4 is 28.4 Å². The number of nitrogens with one attached hydrogen (secondary N) is 1. The largest absolute Gasteiger partial charge is 0.494 e. The van der Waals surface area contributed by atoms with Gasteiger partial charge in [0.15, 0.2) is 0 Å². The molecule has 0 fully saturated rings. The standard InChI is InChI=1S/C17H17NOS2/c1-2-19-15-7-5-14(6-8-15)18-11-16-10-13(12-21-16)17-4-3-9-20-17/h3-10,12,18H,2,11H2,1H3. The van der Waals surface area contributed by atoms with Crippen LogP contribution in [-0.4, -0.2) is 6.61 Å². The summed E-state index contributed by atoms with van der Waals surface area (Å²) in [6.07, 6.45) is 0. The topological polar surface area (TPSA) is 21.3 Å². The maximum Gasteiger partial charge on any atom is 0.119 e. The van der Waals surface area contributed by atoms with Crippen LogP contribution in [0.5, 0.6) is 5.75 Å². The Kier molecular flexibility index (Phi) is 4.58. The fourth-order valence-corrected chi connectivity index (χ4v) is 3.68. The number of hydrogen-bond acceptors (Lipinski definition) is 4. The molecule has 21 heavy (non-hydrogen) atoms. The van der Waals surface area contributed by atoms with Crippen molar-refractivity contribution < 1.29 is 4.74 Å². The molecule has 0 radical (unpaired) electrons. The van der Waals surface area contributed by atoms with E-state index in [2.05, 4.69) is 46.4 Å². The first-order chi connectivity index (χ1) is 10.3. The zero-order chi connectivity index (χ0) is 14.5. The molecule has 2 heterocycles. The third-order valence-electron chi connectivity index (χ3n) is 3.09. The number of rotatable bonds is 6. The van der Waals surface area contributed by atoms with Crippen molar-refractivity contribution in [3.63, 3.8) is 0 Å². The Balaban J connectivity index is 1.60. The van der Waals surface area contributed by atoms with Gasteiger partial charge in [-0.1, -0.05) is 6.07 Å². The van der Waals surface area contributed by atoms with Crippen molar-refractivity contribution in [2.45, 2.75) is 13.5 Å². The van der Waals surface area contributed by atoms with Crippen molar-refractivity contribution in [2.75, 3.05) is 11.9 Å². The number of hydrogen-bond donors (Lipinski definition) is 1. The monoisotopic (exact) mass is 315 g/mol. The van der Waals surface area contributed by atoms with Crippen LogP contribution in [0.3, 0.4) is 0 Å². The third kappa shape index (κ3) is 3.65. The van der Waals surface area contributed by atoms with E-state index in [9.17, 15) is 0 Å². The van der Waals surface area contributed by atoms with E-state index in [-0.39, 0.29) is 0 Å². The van der Waals surface area contributed by atoms with Crippen LogP contribution < -0.4 is 10.1 Å². The Labute approximate surface area is 133 Å². The quantitative estimate of drug-likeness (QED) is 0.649. The van der Waals surface area contributed by atoms with Gasteiger partial charge in [-0.05, 0) is 54.1 Å². The van der Waals surface area contributed by atoms with Crippen LogP contribution in [0, 0.1) is 0 Å². The Morgan fingerprint density at radius 2 is 1.95 bits per heavy atom. The van der Waals surface area contributed by atoms with Gasteiger partial charge in [0.1, 0.15) is 5.75 Å². The SMILES string of the molecule is CCOc1ccc(NCc2cc(-c3cccs3)cs2)cc1. The van der Waals surface area contributed by atoms with Gasteiger partial charge in [0, 0.05) is 27.5 Å². The summed E-state index contributed by atoms with van der Waals surface area (Å²) in [5.41, 5.74) is 2.43. The van der Waals surface area contributed by atoms with Gasteiger partial charge in [-0.2, -0.15) is 0 Å². The molecule has 0 saturated carbocycles. The van der Waals surface area contributed by atoms with Crippen LogP contribution in [-0.2, 0) is 6.54 Å². The molecule has 0 aliphatic carbocycles. The second-order valence-electron chi connectivity index (χ2n) is 4.59. The molecular weight excluding hydrogens is 298 g/mol. The highest BCUT2D eigenvalue weighted by Gasteiger charge is 2.03. The maximum atomic E-state index is 5.44. The van der Waals surface area contributed by atoms with E-state index in [0.717, 1.165) is 18.0 Å². The number of ether oxygens (including phenoxy) is 1. The summed E-state index contributed by atoms with van der Waals surface area (Å²) in [6.45, 7) is 3.55. The molecule has 3 aromatic rings. The Bertz CT molecular complexity index is 671. The van der Waals surface area contributed by atoms with Crippen LogP contribution in [0.2, 0.25) is 0 Å². The normalized spacial score (nSPS) is 10.5. The van der Waals surface area contributed by atoms with Gasteiger partial charge in [-0.15, -0.1) is 22.7 Å². The van der Waals surface area contributed by atoms with Crippen LogP contribution in [0.15, 0.2) is 53.2 Å². The van der Waals surface area contributed by atoms with Crippen LogP contribution in [0.25, 0.3) is 10.4 Å². The van der Waals surface area contributed by atoms with E-state index in [0.29, 0.717) is 6.61 Å². The first kappa shape index (κ1) is 14.2. The molecule has 1 aromatic carbocycles. The minimum atomic E-state index is 0.702. The van der Waals surface area contributed by atoms with Gasteiger partial charge in [0.05, 0.1) is 6.61 Å². The van der Waals surface area contributed by atoms with Crippen molar-refractivity contribution in [3.8, 4) is 16.2 Å². The average Bonchev–Trinajstić information content (AvgIpc) is 3.18. The molecule has 2 nitrogen and oxygen atoms in total. The van der Waals surface area contributed by atoms with Gasteiger partial charge >= 0.3 is 0 Å². The number of thiophene rings is 2. The second-order valence-corrected chi connectivity index (χ2v) is 6.53. The van der Waals surface area contributed by atoms with Crippen molar-refractivity contribution in [2.24, 2.45) is 0 Å². The molecule has 0 aliphatic rings. The minimum Gasteiger partial charge on any atom is -0.494 e. The fraction of sp³-hybridized carbons (Fsp3) is 0.176. The highest BCUT2D eigenvalue weighted by atomic mass is 32.1. The molecule has 3 rings (SSSR count). The molecule has 4 heteroatoms. The predicted molar refractivity (Wildman–Crippen MR) is 92.6 cm³/mol. The fourth-order valence-electron chi connectivity index (χ4n) is 2.07. The molecule has 0 amide bonds. The van der Waals surface area contributed by atoms with Gasteiger partial charge in [-0.25, -0.2) is 0 Å². The lowest BCUT2D eigenvalue weighted by Crippen LogP contribution is -1.97. The summed E-state index contributed by atoms with van der Waals surface area (Å²) in [5, 5.41) is 7.79. The molecule has 0 aliphatic heterocycles. The average molecular weight is 315 g/mol. The summed E-state index contributed by atoms with van der Waals surface area (Å²) < 4.78 is 5.44. The van der Waals surface area contributed by atoms with Crippen molar-refractivity contribution in [3.05, 3.63) is 58.1 Å². The van der Waals surface area contributed by atoms with E-state index < -0.39 is 0 Å². The van der Waals surface area contributed by atoms with E-state index >= 15 is 0 Å². The van der Waals surface area contributed by atoms with E-state index in [1.807, 2.05) is 19.1 Å². The van der Waals surface area contributed by atoms with Crippen molar-refractivity contribution in [1.82, 2.24) is 0 Å². The van der Waals surface area contributed by atoms with Gasteiger partial charge < -0.3 is 10.1 Å². The van der Waals surface area contributed by atoms with Crippen LogP contribution in [0.1, 0.15) is 11.8 Å². The first-order valence-electron chi connectivity index (χ1n) is 6.93.